The quantitative estimate of drug-likeness (QED) is 0.871. The lowest BCUT2D eigenvalue weighted by atomic mass is 9.97. The Bertz CT molecular complexity index is 437. The standard InChI is InChI=1S/C20H33N3/c1-2-6-20-17-21-12-16-23(20)19-10-14-22(15-11-19)13-9-18-7-4-3-5-8-18/h3-5,7-8,19-21H,2,6,9-17H2,1H3. The van der Waals surface area contributed by atoms with Gasteiger partial charge < -0.3 is 10.2 Å². The van der Waals surface area contributed by atoms with Crippen LogP contribution in [0.1, 0.15) is 38.2 Å². The van der Waals surface area contributed by atoms with Gasteiger partial charge in [0.1, 0.15) is 0 Å². The van der Waals surface area contributed by atoms with Crippen molar-refractivity contribution >= 4 is 0 Å². The van der Waals surface area contributed by atoms with Gasteiger partial charge in [-0.2, -0.15) is 0 Å². The van der Waals surface area contributed by atoms with E-state index in [9.17, 15) is 0 Å². The van der Waals surface area contributed by atoms with Gasteiger partial charge in [0.2, 0.25) is 0 Å². The van der Waals surface area contributed by atoms with Crippen LogP contribution in [0.4, 0.5) is 0 Å². The number of likely N-dealkylation sites (tertiary alicyclic amines) is 1. The summed E-state index contributed by atoms with van der Waals surface area (Å²) in [5, 5.41) is 3.58. The van der Waals surface area contributed by atoms with Crippen molar-refractivity contribution in [3.63, 3.8) is 0 Å². The van der Waals surface area contributed by atoms with Gasteiger partial charge >= 0.3 is 0 Å². The first kappa shape index (κ1) is 16.9. The molecule has 1 aromatic rings. The third-order valence-corrected chi connectivity index (χ3v) is 5.60. The van der Waals surface area contributed by atoms with Crippen molar-refractivity contribution in [3.05, 3.63) is 35.9 Å². The van der Waals surface area contributed by atoms with Crippen LogP contribution in [0.2, 0.25) is 0 Å². The van der Waals surface area contributed by atoms with Crippen LogP contribution in [0.25, 0.3) is 0 Å². The van der Waals surface area contributed by atoms with Crippen LogP contribution in [0.5, 0.6) is 0 Å². The molecule has 0 aliphatic carbocycles. The minimum atomic E-state index is 0.773. The number of hydrogen-bond acceptors (Lipinski definition) is 3. The monoisotopic (exact) mass is 315 g/mol. The smallest absolute Gasteiger partial charge is 0.0224 e. The van der Waals surface area contributed by atoms with Crippen molar-refractivity contribution in [2.45, 2.75) is 51.1 Å². The first-order valence-corrected chi connectivity index (χ1v) is 9.59. The Hall–Kier alpha value is -0.900. The Morgan fingerprint density at radius 3 is 2.61 bits per heavy atom. The number of rotatable bonds is 6. The predicted molar refractivity (Wildman–Crippen MR) is 97.9 cm³/mol. The fourth-order valence-corrected chi connectivity index (χ4v) is 4.26. The van der Waals surface area contributed by atoms with Crippen molar-refractivity contribution in [2.75, 3.05) is 39.3 Å². The molecular formula is C20H33N3. The Balaban J connectivity index is 1.44. The molecule has 2 aliphatic rings. The van der Waals surface area contributed by atoms with Crippen molar-refractivity contribution in [2.24, 2.45) is 0 Å². The van der Waals surface area contributed by atoms with Crippen molar-refractivity contribution in [3.8, 4) is 0 Å². The molecule has 0 radical (unpaired) electrons. The molecule has 3 heteroatoms. The number of benzene rings is 1. The molecule has 2 heterocycles. The summed E-state index contributed by atoms with van der Waals surface area (Å²) in [6, 6.07) is 12.5. The first-order valence-electron chi connectivity index (χ1n) is 9.59. The molecule has 3 rings (SSSR count). The fourth-order valence-electron chi connectivity index (χ4n) is 4.26. The molecule has 128 valence electrons. The molecular weight excluding hydrogens is 282 g/mol. The van der Waals surface area contributed by atoms with E-state index >= 15 is 0 Å². The van der Waals surface area contributed by atoms with E-state index in [0.29, 0.717) is 0 Å². The van der Waals surface area contributed by atoms with Crippen LogP contribution in [0, 0.1) is 0 Å². The lowest BCUT2D eigenvalue weighted by Gasteiger charge is -2.45. The van der Waals surface area contributed by atoms with Gasteiger partial charge in [0.05, 0.1) is 0 Å². The summed E-state index contributed by atoms with van der Waals surface area (Å²) in [4.78, 5) is 5.50. The van der Waals surface area contributed by atoms with Crippen LogP contribution in [0.15, 0.2) is 30.3 Å². The van der Waals surface area contributed by atoms with Gasteiger partial charge in [0.15, 0.2) is 0 Å². The SMILES string of the molecule is CCCC1CNCCN1C1CCN(CCc2ccccc2)CC1. The molecule has 2 fully saturated rings. The van der Waals surface area contributed by atoms with Gasteiger partial charge in [0, 0.05) is 38.3 Å². The maximum atomic E-state index is 3.58. The Kier molecular flexibility index (Phi) is 6.49. The minimum absolute atomic E-state index is 0.773. The lowest BCUT2D eigenvalue weighted by Crippen LogP contribution is -2.57. The van der Waals surface area contributed by atoms with Crippen molar-refractivity contribution < 1.29 is 0 Å². The molecule has 0 aromatic heterocycles. The molecule has 1 unspecified atom stereocenters. The van der Waals surface area contributed by atoms with Gasteiger partial charge in [-0.1, -0.05) is 43.7 Å². The normalized spacial score (nSPS) is 24.8. The summed E-state index contributed by atoms with van der Waals surface area (Å²) in [7, 11) is 0. The second-order valence-corrected chi connectivity index (χ2v) is 7.19. The maximum absolute atomic E-state index is 3.58. The third-order valence-electron chi connectivity index (χ3n) is 5.60. The Morgan fingerprint density at radius 1 is 1.09 bits per heavy atom. The van der Waals surface area contributed by atoms with Crippen LogP contribution in [-0.4, -0.2) is 61.2 Å². The number of nitrogens with one attached hydrogen (secondary N) is 1. The molecule has 1 N–H and O–H groups in total. The van der Waals surface area contributed by atoms with E-state index in [-0.39, 0.29) is 0 Å². The highest BCUT2D eigenvalue weighted by Crippen LogP contribution is 2.22. The second kappa shape index (κ2) is 8.81. The Morgan fingerprint density at radius 2 is 1.87 bits per heavy atom. The molecule has 2 saturated heterocycles. The molecule has 23 heavy (non-hydrogen) atoms. The van der Waals surface area contributed by atoms with E-state index in [1.54, 1.807) is 0 Å². The Labute approximate surface area is 142 Å². The van der Waals surface area contributed by atoms with Crippen LogP contribution in [0.3, 0.4) is 0 Å². The highest BCUT2D eigenvalue weighted by molar-refractivity contribution is 5.14. The van der Waals surface area contributed by atoms with Gasteiger partial charge in [-0.25, -0.2) is 0 Å². The van der Waals surface area contributed by atoms with Gasteiger partial charge in [0.25, 0.3) is 0 Å². The highest BCUT2D eigenvalue weighted by atomic mass is 15.3. The van der Waals surface area contributed by atoms with E-state index in [4.69, 9.17) is 0 Å². The predicted octanol–water partition coefficient (Wildman–Crippen LogP) is 2.77. The molecule has 2 aliphatic heterocycles. The maximum Gasteiger partial charge on any atom is 0.0224 e. The highest BCUT2D eigenvalue weighted by Gasteiger charge is 2.30. The molecule has 0 spiro atoms. The van der Waals surface area contributed by atoms with E-state index in [2.05, 4.69) is 52.4 Å². The molecule has 1 aromatic carbocycles. The van der Waals surface area contributed by atoms with Crippen LogP contribution in [-0.2, 0) is 6.42 Å². The first-order chi connectivity index (χ1) is 11.4. The summed E-state index contributed by atoms with van der Waals surface area (Å²) in [6.07, 6.45) is 6.56. The fraction of sp³-hybridized carbons (Fsp3) is 0.700. The third kappa shape index (κ3) is 4.79. The molecule has 3 nitrogen and oxygen atoms in total. The molecule has 0 amide bonds. The zero-order valence-corrected chi connectivity index (χ0v) is 14.7. The number of piperidine rings is 1. The summed E-state index contributed by atoms with van der Waals surface area (Å²) in [6.45, 7) is 9.71. The second-order valence-electron chi connectivity index (χ2n) is 7.19. The summed E-state index contributed by atoms with van der Waals surface area (Å²) in [5.41, 5.74) is 1.47. The largest absolute Gasteiger partial charge is 0.314 e. The molecule has 0 saturated carbocycles. The molecule has 0 bridgehead atoms. The van der Waals surface area contributed by atoms with Gasteiger partial charge in [-0.15, -0.1) is 0 Å². The van der Waals surface area contributed by atoms with E-state index in [0.717, 1.165) is 12.1 Å². The number of nitrogens with zero attached hydrogens (tertiary/aromatic N) is 2. The zero-order valence-electron chi connectivity index (χ0n) is 14.7. The topological polar surface area (TPSA) is 18.5 Å². The van der Waals surface area contributed by atoms with E-state index < -0.39 is 0 Å². The van der Waals surface area contributed by atoms with Gasteiger partial charge in [-0.3, -0.25) is 4.90 Å². The van der Waals surface area contributed by atoms with Crippen molar-refractivity contribution in [1.82, 2.24) is 15.1 Å². The molecule has 1 atom stereocenters. The van der Waals surface area contributed by atoms with Crippen molar-refractivity contribution in [1.29, 1.82) is 0 Å². The zero-order chi connectivity index (χ0) is 15.9. The van der Waals surface area contributed by atoms with Crippen LogP contribution >= 0.6 is 0 Å². The average Bonchev–Trinajstić information content (AvgIpc) is 2.62. The minimum Gasteiger partial charge on any atom is -0.314 e. The number of hydrogen-bond donors (Lipinski definition) is 1. The summed E-state index contributed by atoms with van der Waals surface area (Å²) < 4.78 is 0. The lowest BCUT2D eigenvalue weighted by molar-refractivity contribution is 0.0544. The summed E-state index contributed by atoms with van der Waals surface area (Å²) >= 11 is 0. The van der Waals surface area contributed by atoms with E-state index in [1.807, 2.05) is 0 Å². The average molecular weight is 316 g/mol. The van der Waals surface area contributed by atoms with Gasteiger partial charge in [-0.05, 0) is 44.3 Å². The summed E-state index contributed by atoms with van der Waals surface area (Å²) in [5.74, 6) is 0. The van der Waals surface area contributed by atoms with E-state index in [1.165, 1.54) is 76.9 Å². The van der Waals surface area contributed by atoms with Crippen LogP contribution < -0.4 is 5.32 Å². The number of piperazine rings is 1.